The number of carbonyl (C=O) groups is 2. The molecule has 0 bridgehead atoms. The molecule has 0 saturated carbocycles. The van der Waals surface area contributed by atoms with E-state index in [0.717, 1.165) is 29.9 Å². The number of para-hydroxylation sites is 1. The van der Waals surface area contributed by atoms with Crippen LogP contribution in [0, 0.1) is 0 Å². The van der Waals surface area contributed by atoms with E-state index in [9.17, 15) is 9.59 Å². The zero-order valence-electron chi connectivity index (χ0n) is 21.0. The van der Waals surface area contributed by atoms with Crippen LogP contribution < -0.4 is 15.0 Å². The third-order valence-corrected chi connectivity index (χ3v) is 6.39. The van der Waals surface area contributed by atoms with Crippen molar-refractivity contribution in [1.82, 2.24) is 5.32 Å². The second-order valence-electron chi connectivity index (χ2n) is 8.79. The van der Waals surface area contributed by atoms with Gasteiger partial charge in [-0.3, -0.25) is 4.79 Å². The summed E-state index contributed by atoms with van der Waals surface area (Å²) >= 11 is 0. The van der Waals surface area contributed by atoms with Crippen molar-refractivity contribution in [1.29, 1.82) is 0 Å². The van der Waals surface area contributed by atoms with Crippen LogP contribution in [0.2, 0.25) is 0 Å². The molecule has 0 spiro atoms. The van der Waals surface area contributed by atoms with Crippen LogP contribution >= 0.6 is 0 Å². The highest BCUT2D eigenvalue weighted by Gasteiger charge is 2.24. The molecule has 188 valence electrons. The molecular formula is C30H34N2O4. The van der Waals surface area contributed by atoms with Gasteiger partial charge < -0.3 is 19.7 Å². The first kappa shape index (κ1) is 25.3. The standard InChI is InChI=1S/C30H34N2O4/c1-3-35-27-21-23(17-18-25(27)30(34)36-4-2)29(33)31-28(22-13-7-5-8-14-22)24-15-9-10-16-26(24)32-19-11-6-12-20-32/h5,7-10,13-18,21,28H,3-4,6,11-12,19-20H2,1-2H3,(H,31,33). The Morgan fingerprint density at radius 2 is 1.61 bits per heavy atom. The highest BCUT2D eigenvalue weighted by atomic mass is 16.5. The maximum absolute atomic E-state index is 13.6. The lowest BCUT2D eigenvalue weighted by Gasteiger charge is -2.33. The molecule has 6 nitrogen and oxygen atoms in total. The Labute approximate surface area is 213 Å². The average molecular weight is 487 g/mol. The van der Waals surface area contributed by atoms with Crippen LogP contribution in [0.3, 0.4) is 0 Å². The molecule has 1 saturated heterocycles. The zero-order valence-corrected chi connectivity index (χ0v) is 21.0. The topological polar surface area (TPSA) is 67.9 Å². The second-order valence-corrected chi connectivity index (χ2v) is 8.79. The van der Waals surface area contributed by atoms with Crippen LogP contribution in [-0.2, 0) is 4.74 Å². The number of piperidine rings is 1. The van der Waals surface area contributed by atoms with Crippen LogP contribution in [0.4, 0.5) is 5.69 Å². The molecule has 4 rings (SSSR count). The lowest BCUT2D eigenvalue weighted by molar-refractivity contribution is 0.0521. The van der Waals surface area contributed by atoms with Gasteiger partial charge in [0.25, 0.3) is 5.91 Å². The molecule has 1 amide bonds. The lowest BCUT2D eigenvalue weighted by atomic mass is 9.95. The van der Waals surface area contributed by atoms with E-state index < -0.39 is 5.97 Å². The molecule has 3 aromatic carbocycles. The number of nitrogens with zero attached hydrogens (tertiary/aromatic N) is 1. The monoisotopic (exact) mass is 486 g/mol. The fourth-order valence-electron chi connectivity index (χ4n) is 4.67. The van der Waals surface area contributed by atoms with Gasteiger partial charge in [0.1, 0.15) is 11.3 Å². The number of nitrogens with one attached hydrogen (secondary N) is 1. The van der Waals surface area contributed by atoms with Crippen molar-refractivity contribution in [2.75, 3.05) is 31.2 Å². The number of hydrogen-bond donors (Lipinski definition) is 1. The molecule has 6 heteroatoms. The van der Waals surface area contributed by atoms with E-state index in [1.165, 1.54) is 19.3 Å². The first-order valence-electron chi connectivity index (χ1n) is 12.8. The summed E-state index contributed by atoms with van der Waals surface area (Å²) in [6, 6.07) is 22.8. The SMILES string of the molecule is CCOC(=O)c1ccc(C(=O)NC(c2ccccc2)c2ccccc2N2CCCCC2)cc1OCC. The second kappa shape index (κ2) is 12.2. The third-order valence-electron chi connectivity index (χ3n) is 6.39. The summed E-state index contributed by atoms with van der Waals surface area (Å²) in [5, 5.41) is 3.25. The van der Waals surface area contributed by atoms with Crippen molar-refractivity contribution in [2.24, 2.45) is 0 Å². The Hall–Kier alpha value is -3.80. The minimum Gasteiger partial charge on any atom is -0.493 e. The van der Waals surface area contributed by atoms with Gasteiger partial charge >= 0.3 is 5.97 Å². The summed E-state index contributed by atoms with van der Waals surface area (Å²) in [5.74, 6) is -0.368. The van der Waals surface area contributed by atoms with Gasteiger partial charge in [-0.2, -0.15) is 0 Å². The summed E-state index contributed by atoms with van der Waals surface area (Å²) in [5.41, 5.74) is 3.95. The number of amides is 1. The molecule has 1 atom stereocenters. The summed E-state index contributed by atoms with van der Waals surface area (Å²) in [6.07, 6.45) is 3.59. The average Bonchev–Trinajstić information content (AvgIpc) is 2.93. The van der Waals surface area contributed by atoms with Crippen molar-refractivity contribution in [3.63, 3.8) is 0 Å². The van der Waals surface area contributed by atoms with E-state index >= 15 is 0 Å². The first-order valence-corrected chi connectivity index (χ1v) is 12.8. The van der Waals surface area contributed by atoms with Crippen LogP contribution in [-0.4, -0.2) is 38.2 Å². The van der Waals surface area contributed by atoms with E-state index in [2.05, 4.69) is 28.4 Å². The molecule has 1 fully saturated rings. The van der Waals surface area contributed by atoms with Gasteiger partial charge in [0.2, 0.25) is 0 Å². The molecule has 0 radical (unpaired) electrons. The molecule has 1 N–H and O–H groups in total. The number of hydrogen-bond acceptors (Lipinski definition) is 5. The Balaban J connectivity index is 1.68. The van der Waals surface area contributed by atoms with Crippen molar-refractivity contribution in [3.8, 4) is 5.75 Å². The largest absolute Gasteiger partial charge is 0.493 e. The van der Waals surface area contributed by atoms with Crippen LogP contribution in [0.25, 0.3) is 0 Å². The Kier molecular flexibility index (Phi) is 8.61. The summed E-state index contributed by atoms with van der Waals surface area (Å²) in [6.45, 7) is 6.25. The third kappa shape index (κ3) is 5.88. The van der Waals surface area contributed by atoms with Gasteiger partial charge in [-0.15, -0.1) is 0 Å². The minimum atomic E-state index is -0.467. The number of anilines is 1. The molecule has 1 aliphatic heterocycles. The number of rotatable bonds is 9. The van der Waals surface area contributed by atoms with Gasteiger partial charge in [0.05, 0.1) is 19.3 Å². The number of benzene rings is 3. The molecule has 36 heavy (non-hydrogen) atoms. The smallest absolute Gasteiger partial charge is 0.341 e. The number of esters is 1. The van der Waals surface area contributed by atoms with Gasteiger partial charge in [-0.25, -0.2) is 4.79 Å². The molecule has 3 aromatic rings. The van der Waals surface area contributed by atoms with Gasteiger partial charge in [-0.1, -0.05) is 48.5 Å². The van der Waals surface area contributed by atoms with Crippen molar-refractivity contribution < 1.29 is 19.1 Å². The van der Waals surface area contributed by atoms with E-state index in [1.54, 1.807) is 25.1 Å². The van der Waals surface area contributed by atoms with Gasteiger partial charge in [0, 0.05) is 29.9 Å². The van der Waals surface area contributed by atoms with Crippen LogP contribution in [0.5, 0.6) is 5.75 Å². The van der Waals surface area contributed by atoms with E-state index in [1.807, 2.05) is 43.3 Å². The fraction of sp³-hybridized carbons (Fsp3) is 0.333. The van der Waals surface area contributed by atoms with Crippen molar-refractivity contribution >= 4 is 17.6 Å². The van der Waals surface area contributed by atoms with Crippen molar-refractivity contribution in [2.45, 2.75) is 39.2 Å². The lowest BCUT2D eigenvalue weighted by Crippen LogP contribution is -2.34. The van der Waals surface area contributed by atoms with E-state index in [-0.39, 0.29) is 18.6 Å². The zero-order chi connectivity index (χ0) is 25.3. The predicted octanol–water partition coefficient (Wildman–Crippen LogP) is 5.77. The Morgan fingerprint density at radius 3 is 2.33 bits per heavy atom. The summed E-state index contributed by atoms with van der Waals surface area (Å²) in [4.78, 5) is 28.3. The predicted molar refractivity (Wildman–Crippen MR) is 142 cm³/mol. The molecule has 0 aliphatic carbocycles. The molecule has 1 heterocycles. The summed E-state index contributed by atoms with van der Waals surface area (Å²) in [7, 11) is 0. The Bertz CT molecular complexity index is 1170. The first-order chi connectivity index (χ1) is 17.6. The van der Waals surface area contributed by atoms with Crippen LogP contribution in [0.15, 0.2) is 72.8 Å². The van der Waals surface area contributed by atoms with Gasteiger partial charge in [-0.05, 0) is 62.9 Å². The van der Waals surface area contributed by atoms with Crippen LogP contribution in [0.1, 0.15) is 71.0 Å². The number of carbonyl (C=O) groups excluding carboxylic acids is 2. The van der Waals surface area contributed by atoms with E-state index in [4.69, 9.17) is 9.47 Å². The molecular weight excluding hydrogens is 452 g/mol. The summed E-state index contributed by atoms with van der Waals surface area (Å²) < 4.78 is 10.8. The molecule has 1 unspecified atom stereocenters. The number of ether oxygens (including phenoxy) is 2. The van der Waals surface area contributed by atoms with Gasteiger partial charge in [0.15, 0.2) is 0 Å². The van der Waals surface area contributed by atoms with E-state index in [0.29, 0.717) is 23.5 Å². The van der Waals surface area contributed by atoms with Crippen molar-refractivity contribution in [3.05, 3.63) is 95.1 Å². The maximum atomic E-state index is 13.6. The highest BCUT2D eigenvalue weighted by Crippen LogP contribution is 2.33. The molecule has 1 aliphatic rings. The fourth-order valence-corrected chi connectivity index (χ4v) is 4.67. The minimum absolute atomic E-state index is 0.242. The molecule has 0 aromatic heterocycles. The maximum Gasteiger partial charge on any atom is 0.341 e. The quantitative estimate of drug-likeness (QED) is 0.389. The Morgan fingerprint density at radius 1 is 0.889 bits per heavy atom. The normalized spacial score (nSPS) is 14.1. The highest BCUT2D eigenvalue weighted by molar-refractivity contribution is 5.98.